The van der Waals surface area contributed by atoms with Crippen molar-refractivity contribution < 1.29 is 15.0 Å². The molecule has 0 bridgehead atoms. The van der Waals surface area contributed by atoms with E-state index in [1.807, 2.05) is 0 Å². The smallest absolute Gasteiger partial charge is 0.327 e. The van der Waals surface area contributed by atoms with Crippen LogP contribution in [-0.4, -0.2) is 22.3 Å². The van der Waals surface area contributed by atoms with Gasteiger partial charge in [-0.3, -0.25) is 0 Å². The molecule has 0 spiro atoms. The van der Waals surface area contributed by atoms with Crippen LogP contribution in [0.25, 0.3) is 0 Å². The number of aliphatic hydroxyl groups excluding tert-OH is 1. The number of carboxylic acid groups (broad SMARTS) is 1. The molecular weight excluding hydrogens is 576 g/mol. The third-order valence-corrected chi connectivity index (χ3v) is 15.4. The largest absolute Gasteiger partial charge is 0.478 e. The summed E-state index contributed by atoms with van der Waals surface area (Å²) in [5.41, 5.74) is 1.40. The van der Waals surface area contributed by atoms with Gasteiger partial charge in [-0.25, -0.2) is 4.79 Å². The summed E-state index contributed by atoms with van der Waals surface area (Å²) in [6, 6.07) is 0. The van der Waals surface area contributed by atoms with Crippen molar-refractivity contribution in [3.63, 3.8) is 0 Å². The summed E-state index contributed by atoms with van der Waals surface area (Å²) in [5, 5.41) is 19.4. The van der Waals surface area contributed by atoms with E-state index in [1.54, 1.807) is 6.08 Å². The van der Waals surface area contributed by atoms with Gasteiger partial charge >= 0.3 is 5.97 Å². The highest BCUT2D eigenvalue weighted by atomic mass is 16.4. The molecule has 4 aliphatic rings. The zero-order chi connectivity index (χ0) is 34.1. The van der Waals surface area contributed by atoms with Crippen molar-refractivity contribution in [2.45, 2.75) is 189 Å². The molecule has 3 unspecified atom stereocenters. The van der Waals surface area contributed by atoms with Gasteiger partial charge in [0.25, 0.3) is 0 Å². The molecule has 47 heavy (non-hydrogen) atoms. The second kappa shape index (κ2) is 17.7. The van der Waals surface area contributed by atoms with E-state index in [4.69, 9.17) is 5.11 Å². The van der Waals surface area contributed by atoms with E-state index in [0.29, 0.717) is 34.0 Å². The van der Waals surface area contributed by atoms with Gasteiger partial charge in [-0.15, -0.1) is 0 Å². The standard InChI is InChI=1S/C44H76O3/c1-33(2)34(3)21-22-35(4)38-25-26-39-40-24-23-36-32-37(45)27-29-43(36,6)44(40,31-30-42(38,39)5)28-19-17-15-13-11-9-7-8-10-12-14-16-18-20-41(46)47/h18,20-22,33-40,45H,7-17,19,23-32H2,1-6H3,(H,46,47)/t34-,35+,36?,37?,38+,39-,40-,42+,43-,44?/m0/s1. The molecule has 0 aromatic heterocycles. The maximum atomic E-state index is 10.8. The predicted octanol–water partition coefficient (Wildman–Crippen LogP) is 12.6. The molecule has 270 valence electrons. The Morgan fingerprint density at radius 2 is 1.36 bits per heavy atom. The fraction of sp³-hybridized carbons (Fsp3) is 0.886. The van der Waals surface area contributed by atoms with E-state index in [9.17, 15) is 9.90 Å². The molecule has 4 rings (SSSR count). The number of hydrogen-bond acceptors (Lipinski definition) is 2. The third kappa shape index (κ3) is 9.18. The Kier molecular flexibility index (Phi) is 14.6. The maximum absolute atomic E-state index is 10.8. The summed E-state index contributed by atoms with van der Waals surface area (Å²) in [6.45, 7) is 15.1. The Morgan fingerprint density at radius 3 is 2.00 bits per heavy atom. The normalized spacial score (nSPS) is 36.8. The fourth-order valence-corrected chi connectivity index (χ4v) is 12.1. The number of hydrogen-bond donors (Lipinski definition) is 2. The van der Waals surface area contributed by atoms with E-state index in [-0.39, 0.29) is 6.10 Å². The summed E-state index contributed by atoms with van der Waals surface area (Å²) in [5.74, 6) is 4.57. The van der Waals surface area contributed by atoms with E-state index in [2.05, 4.69) is 53.7 Å². The summed E-state index contributed by atoms with van der Waals surface area (Å²) in [6.07, 6.45) is 37.1. The molecule has 0 amide bonds. The third-order valence-electron chi connectivity index (χ3n) is 15.4. The van der Waals surface area contributed by atoms with Gasteiger partial charge in [0.2, 0.25) is 0 Å². The number of carbonyl (C=O) groups is 1. The van der Waals surface area contributed by atoms with Crippen molar-refractivity contribution in [1.29, 1.82) is 0 Å². The van der Waals surface area contributed by atoms with Crippen LogP contribution >= 0.6 is 0 Å². The van der Waals surface area contributed by atoms with E-state index < -0.39 is 5.97 Å². The zero-order valence-electron chi connectivity index (χ0n) is 31.8. The van der Waals surface area contributed by atoms with Gasteiger partial charge < -0.3 is 10.2 Å². The van der Waals surface area contributed by atoms with Crippen LogP contribution in [0.5, 0.6) is 0 Å². The molecule has 4 aliphatic carbocycles. The molecule has 3 nitrogen and oxygen atoms in total. The van der Waals surface area contributed by atoms with Gasteiger partial charge in [0.05, 0.1) is 6.10 Å². The van der Waals surface area contributed by atoms with Crippen LogP contribution in [0.2, 0.25) is 0 Å². The lowest BCUT2D eigenvalue weighted by Crippen LogP contribution is -2.61. The first-order chi connectivity index (χ1) is 22.4. The first-order valence-electron chi connectivity index (χ1n) is 20.7. The average Bonchev–Trinajstić information content (AvgIpc) is 3.39. The van der Waals surface area contributed by atoms with Gasteiger partial charge in [0.1, 0.15) is 0 Å². The number of allylic oxidation sites excluding steroid dienone is 3. The Morgan fingerprint density at radius 1 is 0.745 bits per heavy atom. The predicted molar refractivity (Wildman–Crippen MR) is 199 cm³/mol. The highest BCUT2D eigenvalue weighted by Gasteiger charge is 2.66. The number of unbranched alkanes of at least 4 members (excludes halogenated alkanes) is 11. The second-order valence-electron chi connectivity index (χ2n) is 18.2. The van der Waals surface area contributed by atoms with Gasteiger partial charge in [-0.05, 0) is 135 Å². The topological polar surface area (TPSA) is 57.5 Å². The first kappa shape index (κ1) is 38.7. The molecule has 2 N–H and O–H groups in total. The minimum atomic E-state index is -0.833. The number of fused-ring (bicyclic) bond motifs is 5. The quantitative estimate of drug-likeness (QED) is 0.0829. The van der Waals surface area contributed by atoms with Crippen LogP contribution in [0.3, 0.4) is 0 Å². The Bertz CT molecular complexity index is 1010. The molecule has 0 saturated heterocycles. The van der Waals surface area contributed by atoms with Crippen molar-refractivity contribution >= 4 is 5.97 Å². The number of aliphatic carboxylic acids is 1. The molecule has 0 heterocycles. The molecule has 3 heteroatoms. The van der Waals surface area contributed by atoms with Crippen molar-refractivity contribution in [2.75, 3.05) is 0 Å². The van der Waals surface area contributed by atoms with E-state index in [1.165, 1.54) is 122 Å². The number of aliphatic hydroxyl groups is 1. The second-order valence-corrected chi connectivity index (χ2v) is 18.2. The molecule has 0 radical (unpaired) electrons. The maximum Gasteiger partial charge on any atom is 0.327 e. The Labute approximate surface area is 291 Å². The van der Waals surface area contributed by atoms with Gasteiger partial charge in [-0.1, -0.05) is 124 Å². The SMILES string of the molecule is CC(C)[C@@H](C)C=C[C@@H](C)[C@H]1CC[C@H]2[C@@H]3CCC4CC(O)CC[C@]4(C)C3(CCCCCCCCCCCCCC=CC(=O)O)CC[C@]12C. The lowest BCUT2D eigenvalue weighted by molar-refractivity contribution is -0.198. The highest BCUT2D eigenvalue weighted by Crippen LogP contribution is 2.74. The fourth-order valence-electron chi connectivity index (χ4n) is 12.1. The molecule has 0 aromatic carbocycles. The van der Waals surface area contributed by atoms with E-state index in [0.717, 1.165) is 49.4 Å². The highest BCUT2D eigenvalue weighted by molar-refractivity contribution is 5.79. The summed E-state index contributed by atoms with van der Waals surface area (Å²) < 4.78 is 0. The lowest BCUT2D eigenvalue weighted by atomic mass is 9.36. The molecule has 0 aliphatic heterocycles. The Hall–Kier alpha value is -1.09. The van der Waals surface area contributed by atoms with Crippen molar-refractivity contribution in [2.24, 2.45) is 57.7 Å². The molecular formula is C44H76O3. The lowest BCUT2D eigenvalue weighted by Gasteiger charge is -2.68. The van der Waals surface area contributed by atoms with Gasteiger partial charge in [0.15, 0.2) is 0 Å². The Balaban J connectivity index is 1.29. The van der Waals surface area contributed by atoms with Crippen molar-refractivity contribution in [3.05, 3.63) is 24.3 Å². The minimum absolute atomic E-state index is 0.0618. The molecule has 10 atom stereocenters. The summed E-state index contributed by atoms with van der Waals surface area (Å²) >= 11 is 0. The molecule has 0 aromatic rings. The minimum Gasteiger partial charge on any atom is -0.478 e. The first-order valence-corrected chi connectivity index (χ1v) is 20.7. The number of carboxylic acids is 1. The molecule has 4 saturated carbocycles. The average molecular weight is 653 g/mol. The van der Waals surface area contributed by atoms with Crippen LogP contribution < -0.4 is 0 Å². The monoisotopic (exact) mass is 653 g/mol. The summed E-state index contributed by atoms with van der Waals surface area (Å²) in [4.78, 5) is 10.5. The van der Waals surface area contributed by atoms with Gasteiger partial charge in [-0.2, -0.15) is 0 Å². The van der Waals surface area contributed by atoms with Crippen LogP contribution in [-0.2, 0) is 4.79 Å². The van der Waals surface area contributed by atoms with Crippen LogP contribution in [0.1, 0.15) is 183 Å². The molecule has 4 fully saturated rings. The van der Waals surface area contributed by atoms with Crippen LogP contribution in [0.4, 0.5) is 0 Å². The van der Waals surface area contributed by atoms with Crippen LogP contribution in [0, 0.1) is 57.7 Å². The van der Waals surface area contributed by atoms with E-state index >= 15 is 0 Å². The summed E-state index contributed by atoms with van der Waals surface area (Å²) in [7, 11) is 0. The zero-order valence-corrected chi connectivity index (χ0v) is 31.8. The van der Waals surface area contributed by atoms with Gasteiger partial charge in [0, 0.05) is 6.08 Å². The van der Waals surface area contributed by atoms with Crippen molar-refractivity contribution in [3.8, 4) is 0 Å². The van der Waals surface area contributed by atoms with Crippen molar-refractivity contribution in [1.82, 2.24) is 0 Å². The number of rotatable bonds is 19. The van der Waals surface area contributed by atoms with Crippen LogP contribution in [0.15, 0.2) is 24.3 Å².